The van der Waals surface area contributed by atoms with Crippen LogP contribution in [0.5, 0.6) is 11.5 Å². The van der Waals surface area contributed by atoms with E-state index in [1.807, 2.05) is 18.2 Å². The third-order valence-electron chi connectivity index (χ3n) is 5.55. The maximum atomic E-state index is 12.9. The number of hydrogen-bond donors (Lipinski definition) is 1. The molecule has 2 aliphatic rings. The van der Waals surface area contributed by atoms with Gasteiger partial charge in [-0.2, -0.15) is 4.31 Å². The maximum absolute atomic E-state index is 12.9. The van der Waals surface area contributed by atoms with Crippen molar-refractivity contribution in [3.63, 3.8) is 0 Å². The number of hydrogen-bond acceptors (Lipinski definition) is 8. The highest BCUT2D eigenvalue weighted by Crippen LogP contribution is 2.32. The molecule has 0 atom stereocenters. The summed E-state index contributed by atoms with van der Waals surface area (Å²) >= 11 is 1.16. The van der Waals surface area contributed by atoms with Crippen LogP contribution in [0.25, 0.3) is 11.1 Å². The molecule has 0 aliphatic carbocycles. The van der Waals surface area contributed by atoms with E-state index in [1.165, 1.54) is 10.4 Å². The molecule has 1 fully saturated rings. The zero-order valence-corrected chi connectivity index (χ0v) is 19.4. The summed E-state index contributed by atoms with van der Waals surface area (Å²) in [5, 5.41) is 3.16. The van der Waals surface area contributed by atoms with Crippen molar-refractivity contribution in [3.8, 4) is 11.5 Å². The number of oxazole rings is 1. The van der Waals surface area contributed by atoms with Crippen LogP contribution >= 0.6 is 11.8 Å². The minimum Gasteiger partial charge on any atom is -0.454 e. The van der Waals surface area contributed by atoms with Crippen LogP contribution in [0.1, 0.15) is 24.8 Å². The molecule has 5 rings (SSSR count). The van der Waals surface area contributed by atoms with E-state index >= 15 is 0 Å². The molecule has 174 valence electrons. The molecule has 2 aliphatic heterocycles. The van der Waals surface area contributed by atoms with Crippen LogP contribution in [0.4, 0.5) is 0 Å². The van der Waals surface area contributed by atoms with Crippen molar-refractivity contribution in [1.82, 2.24) is 14.6 Å². The molecule has 1 saturated heterocycles. The molecule has 0 bridgehead atoms. The number of carbonyl (C=O) groups excluding carboxylic acids is 1. The van der Waals surface area contributed by atoms with Crippen molar-refractivity contribution in [2.45, 2.75) is 35.9 Å². The molecule has 3 heterocycles. The largest absolute Gasteiger partial charge is 0.454 e. The van der Waals surface area contributed by atoms with Crippen LogP contribution in [0.15, 0.2) is 50.9 Å². The van der Waals surface area contributed by atoms with Crippen molar-refractivity contribution in [2.24, 2.45) is 0 Å². The number of fused-ring (bicyclic) bond motifs is 2. The lowest BCUT2D eigenvalue weighted by Gasteiger charge is -2.25. The molecule has 0 spiro atoms. The van der Waals surface area contributed by atoms with Gasteiger partial charge in [0.2, 0.25) is 22.7 Å². The Morgan fingerprint density at radius 2 is 1.88 bits per heavy atom. The van der Waals surface area contributed by atoms with Crippen LogP contribution in [-0.4, -0.2) is 49.2 Å². The predicted molar refractivity (Wildman–Crippen MR) is 122 cm³/mol. The number of benzene rings is 2. The lowest BCUT2D eigenvalue weighted by atomic mass is 10.2. The molecule has 1 aromatic heterocycles. The van der Waals surface area contributed by atoms with E-state index in [0.717, 1.165) is 36.6 Å². The minimum absolute atomic E-state index is 0.121. The predicted octanol–water partition coefficient (Wildman–Crippen LogP) is 3.14. The van der Waals surface area contributed by atoms with Gasteiger partial charge in [-0.1, -0.05) is 24.2 Å². The van der Waals surface area contributed by atoms with Gasteiger partial charge in [0.25, 0.3) is 5.22 Å². The van der Waals surface area contributed by atoms with Gasteiger partial charge >= 0.3 is 0 Å². The van der Waals surface area contributed by atoms with Gasteiger partial charge in [0.1, 0.15) is 5.52 Å². The molecule has 3 aromatic rings. The standard InChI is InChI=1S/C22H23N3O6S2/c26-21(23-12-15-4-6-19-20(10-15)30-14-29-19)13-32-22-24-17-11-16(5-7-18(17)31-22)33(27,28)25-8-2-1-3-9-25/h4-7,10-11H,1-3,8-9,12-14H2,(H,23,26). The number of nitrogens with zero attached hydrogens (tertiary/aromatic N) is 2. The highest BCUT2D eigenvalue weighted by Gasteiger charge is 2.26. The Labute approximate surface area is 195 Å². The number of aromatic nitrogens is 1. The lowest BCUT2D eigenvalue weighted by Crippen LogP contribution is -2.35. The highest BCUT2D eigenvalue weighted by molar-refractivity contribution is 7.99. The molecule has 9 nitrogen and oxygen atoms in total. The SMILES string of the molecule is O=C(CSc1nc2cc(S(=O)(=O)N3CCCCC3)ccc2o1)NCc1ccc2c(c1)OCO2. The Morgan fingerprint density at radius 1 is 1.06 bits per heavy atom. The third kappa shape index (κ3) is 4.80. The number of nitrogens with one attached hydrogen (secondary N) is 1. The number of amides is 1. The molecule has 0 unspecified atom stereocenters. The van der Waals surface area contributed by atoms with Crippen LogP contribution in [0, 0.1) is 0 Å². The Kier molecular flexibility index (Phi) is 6.17. The van der Waals surface area contributed by atoms with E-state index in [9.17, 15) is 13.2 Å². The first-order chi connectivity index (χ1) is 16.0. The van der Waals surface area contributed by atoms with E-state index < -0.39 is 10.0 Å². The Balaban J connectivity index is 1.19. The smallest absolute Gasteiger partial charge is 0.257 e. The van der Waals surface area contributed by atoms with Gasteiger partial charge in [-0.3, -0.25) is 4.79 Å². The summed E-state index contributed by atoms with van der Waals surface area (Å²) in [4.78, 5) is 16.8. The Hall–Kier alpha value is -2.76. The van der Waals surface area contributed by atoms with E-state index in [-0.39, 0.29) is 23.3 Å². The second kappa shape index (κ2) is 9.24. The first-order valence-electron chi connectivity index (χ1n) is 10.7. The fourth-order valence-corrected chi connectivity index (χ4v) is 6.00. The molecular formula is C22H23N3O6S2. The number of carbonyl (C=O) groups is 1. The summed E-state index contributed by atoms with van der Waals surface area (Å²) in [7, 11) is -3.54. The number of sulfonamides is 1. The molecule has 1 N–H and O–H groups in total. The van der Waals surface area contributed by atoms with Gasteiger partial charge < -0.3 is 19.2 Å². The summed E-state index contributed by atoms with van der Waals surface area (Å²) in [6.07, 6.45) is 2.81. The van der Waals surface area contributed by atoms with Crippen molar-refractivity contribution in [3.05, 3.63) is 42.0 Å². The van der Waals surface area contributed by atoms with Crippen molar-refractivity contribution in [2.75, 3.05) is 25.6 Å². The first-order valence-corrected chi connectivity index (χ1v) is 13.1. The summed E-state index contributed by atoms with van der Waals surface area (Å²) in [6.45, 7) is 1.66. The number of thioether (sulfide) groups is 1. The summed E-state index contributed by atoms with van der Waals surface area (Å²) in [5.41, 5.74) is 1.84. The summed E-state index contributed by atoms with van der Waals surface area (Å²) in [5.74, 6) is 1.32. The molecule has 11 heteroatoms. The fraction of sp³-hybridized carbons (Fsp3) is 0.364. The zero-order chi connectivity index (χ0) is 22.8. The third-order valence-corrected chi connectivity index (χ3v) is 8.27. The topological polar surface area (TPSA) is 111 Å². The number of rotatable bonds is 7. The highest BCUT2D eigenvalue weighted by atomic mass is 32.2. The molecule has 0 saturated carbocycles. The average Bonchev–Trinajstić information content (AvgIpc) is 3.47. The van der Waals surface area contributed by atoms with Crippen molar-refractivity contribution >= 4 is 38.8 Å². The normalized spacial score (nSPS) is 16.2. The number of piperidine rings is 1. The fourth-order valence-electron chi connectivity index (χ4n) is 3.79. The Bertz CT molecular complexity index is 1280. The van der Waals surface area contributed by atoms with Gasteiger partial charge in [-0.25, -0.2) is 13.4 Å². The summed E-state index contributed by atoms with van der Waals surface area (Å²) in [6, 6.07) is 10.2. The van der Waals surface area contributed by atoms with Gasteiger partial charge in [0, 0.05) is 19.6 Å². The van der Waals surface area contributed by atoms with Gasteiger partial charge in [-0.05, 0) is 48.7 Å². The zero-order valence-electron chi connectivity index (χ0n) is 17.8. The van der Waals surface area contributed by atoms with Crippen LogP contribution < -0.4 is 14.8 Å². The second-order valence-electron chi connectivity index (χ2n) is 7.83. The van der Waals surface area contributed by atoms with Crippen LogP contribution in [0.3, 0.4) is 0 Å². The lowest BCUT2D eigenvalue weighted by molar-refractivity contribution is -0.118. The molecular weight excluding hydrogens is 466 g/mol. The van der Waals surface area contributed by atoms with Gasteiger partial charge in [0.05, 0.1) is 10.6 Å². The monoisotopic (exact) mass is 489 g/mol. The number of ether oxygens (including phenoxy) is 2. The average molecular weight is 490 g/mol. The molecule has 33 heavy (non-hydrogen) atoms. The van der Waals surface area contributed by atoms with E-state index in [4.69, 9.17) is 13.9 Å². The van der Waals surface area contributed by atoms with E-state index in [2.05, 4.69) is 10.3 Å². The van der Waals surface area contributed by atoms with Crippen molar-refractivity contribution < 1.29 is 27.1 Å². The van der Waals surface area contributed by atoms with Gasteiger partial charge in [-0.15, -0.1) is 0 Å². The Morgan fingerprint density at radius 3 is 2.73 bits per heavy atom. The molecule has 1 amide bonds. The minimum atomic E-state index is -3.54. The molecule has 0 radical (unpaired) electrons. The quantitative estimate of drug-likeness (QED) is 0.504. The van der Waals surface area contributed by atoms with E-state index in [0.29, 0.717) is 47.5 Å². The maximum Gasteiger partial charge on any atom is 0.257 e. The van der Waals surface area contributed by atoms with Crippen LogP contribution in [-0.2, 0) is 21.4 Å². The molecule has 2 aromatic carbocycles. The first kappa shape index (κ1) is 22.1. The second-order valence-corrected chi connectivity index (χ2v) is 10.7. The van der Waals surface area contributed by atoms with Crippen LogP contribution in [0.2, 0.25) is 0 Å². The van der Waals surface area contributed by atoms with E-state index in [1.54, 1.807) is 12.1 Å². The van der Waals surface area contributed by atoms with Gasteiger partial charge in [0.15, 0.2) is 17.1 Å². The van der Waals surface area contributed by atoms with Crippen molar-refractivity contribution in [1.29, 1.82) is 0 Å². The summed E-state index contributed by atoms with van der Waals surface area (Å²) < 4.78 is 43.6.